The van der Waals surface area contributed by atoms with Gasteiger partial charge in [-0.1, -0.05) is 19.1 Å². The standard InChI is InChI=1S/C10H12N2O3/c1-2-9(13)15-8-6-4-3-5-7(8)10(14)12-11/h3-6H,2,11H2,1H3,(H,12,14). The highest BCUT2D eigenvalue weighted by Gasteiger charge is 2.12. The van der Waals surface area contributed by atoms with Crippen molar-refractivity contribution in [2.24, 2.45) is 5.84 Å². The number of rotatable bonds is 3. The minimum Gasteiger partial charge on any atom is -0.426 e. The van der Waals surface area contributed by atoms with Crippen molar-refractivity contribution in [1.82, 2.24) is 5.43 Å². The van der Waals surface area contributed by atoms with E-state index in [1.165, 1.54) is 12.1 Å². The molecular weight excluding hydrogens is 196 g/mol. The molecule has 5 nitrogen and oxygen atoms in total. The molecule has 3 N–H and O–H groups in total. The number of nitrogens with one attached hydrogen (secondary N) is 1. The van der Waals surface area contributed by atoms with Crippen LogP contribution in [-0.2, 0) is 4.79 Å². The molecule has 1 aromatic rings. The molecule has 80 valence electrons. The van der Waals surface area contributed by atoms with Crippen LogP contribution in [0.15, 0.2) is 24.3 Å². The second-order valence-electron chi connectivity index (χ2n) is 2.80. The van der Waals surface area contributed by atoms with Gasteiger partial charge in [0, 0.05) is 6.42 Å². The lowest BCUT2D eigenvalue weighted by Gasteiger charge is -2.07. The summed E-state index contributed by atoms with van der Waals surface area (Å²) in [6.45, 7) is 1.67. The predicted molar refractivity (Wildman–Crippen MR) is 54.0 cm³/mol. The van der Waals surface area contributed by atoms with Crippen molar-refractivity contribution >= 4 is 11.9 Å². The fraction of sp³-hybridized carbons (Fsp3) is 0.200. The lowest BCUT2D eigenvalue weighted by Crippen LogP contribution is -2.30. The van der Waals surface area contributed by atoms with Gasteiger partial charge < -0.3 is 4.74 Å². The zero-order chi connectivity index (χ0) is 11.3. The van der Waals surface area contributed by atoms with Gasteiger partial charge in [0.1, 0.15) is 5.75 Å². The summed E-state index contributed by atoms with van der Waals surface area (Å²) in [5.74, 6) is 4.32. The Morgan fingerprint density at radius 3 is 2.67 bits per heavy atom. The number of benzene rings is 1. The van der Waals surface area contributed by atoms with Crippen molar-refractivity contribution in [1.29, 1.82) is 0 Å². The van der Waals surface area contributed by atoms with Crippen LogP contribution in [0.1, 0.15) is 23.7 Å². The zero-order valence-electron chi connectivity index (χ0n) is 8.32. The van der Waals surface area contributed by atoms with Crippen LogP contribution in [0, 0.1) is 0 Å². The van der Waals surface area contributed by atoms with Crippen LogP contribution < -0.4 is 16.0 Å². The second kappa shape index (κ2) is 5.11. The molecule has 0 unspecified atom stereocenters. The fourth-order valence-corrected chi connectivity index (χ4v) is 1.02. The van der Waals surface area contributed by atoms with Gasteiger partial charge in [0.05, 0.1) is 5.56 Å². The first-order chi connectivity index (χ1) is 7.19. The molecule has 1 aromatic carbocycles. The van der Waals surface area contributed by atoms with Gasteiger partial charge in [0.15, 0.2) is 0 Å². The molecule has 15 heavy (non-hydrogen) atoms. The highest BCUT2D eigenvalue weighted by Crippen LogP contribution is 2.17. The molecule has 1 amide bonds. The monoisotopic (exact) mass is 208 g/mol. The molecule has 0 saturated carbocycles. The number of para-hydroxylation sites is 1. The van der Waals surface area contributed by atoms with Gasteiger partial charge in [-0.3, -0.25) is 15.0 Å². The van der Waals surface area contributed by atoms with Crippen LogP contribution in [0.3, 0.4) is 0 Å². The van der Waals surface area contributed by atoms with Crippen molar-refractivity contribution in [2.45, 2.75) is 13.3 Å². The molecule has 0 spiro atoms. The van der Waals surface area contributed by atoms with Gasteiger partial charge in [0.25, 0.3) is 5.91 Å². The summed E-state index contributed by atoms with van der Waals surface area (Å²) in [5.41, 5.74) is 2.22. The third kappa shape index (κ3) is 2.78. The van der Waals surface area contributed by atoms with Crippen LogP contribution in [0.2, 0.25) is 0 Å². The fourth-order valence-electron chi connectivity index (χ4n) is 1.02. The lowest BCUT2D eigenvalue weighted by molar-refractivity contribution is -0.134. The van der Waals surface area contributed by atoms with Gasteiger partial charge in [-0.15, -0.1) is 0 Å². The molecule has 0 heterocycles. The summed E-state index contributed by atoms with van der Waals surface area (Å²) in [6.07, 6.45) is 0.249. The Kier molecular flexibility index (Phi) is 3.82. The van der Waals surface area contributed by atoms with E-state index in [9.17, 15) is 9.59 Å². The summed E-state index contributed by atoms with van der Waals surface area (Å²) in [7, 11) is 0. The number of hydrazine groups is 1. The van der Waals surface area contributed by atoms with Crippen LogP contribution in [0.4, 0.5) is 0 Å². The summed E-state index contributed by atoms with van der Waals surface area (Å²) in [4.78, 5) is 22.3. The number of carbonyl (C=O) groups excluding carboxylic acids is 2. The summed E-state index contributed by atoms with van der Waals surface area (Å²) in [6, 6.07) is 6.40. The topological polar surface area (TPSA) is 81.4 Å². The lowest BCUT2D eigenvalue weighted by atomic mass is 10.2. The Bertz CT molecular complexity index is 377. The molecule has 0 aliphatic rings. The number of nitrogens with two attached hydrogens (primary N) is 1. The summed E-state index contributed by atoms with van der Waals surface area (Å²) in [5, 5.41) is 0. The molecular formula is C10H12N2O3. The maximum atomic E-state index is 11.3. The number of esters is 1. The van der Waals surface area contributed by atoms with Crippen molar-refractivity contribution in [2.75, 3.05) is 0 Å². The third-order valence-electron chi connectivity index (χ3n) is 1.78. The van der Waals surface area contributed by atoms with Crippen LogP contribution in [0.25, 0.3) is 0 Å². The number of carbonyl (C=O) groups is 2. The minimum absolute atomic E-state index is 0.215. The summed E-state index contributed by atoms with van der Waals surface area (Å²) >= 11 is 0. The molecule has 0 fully saturated rings. The predicted octanol–water partition coefficient (Wildman–Crippen LogP) is 0.606. The first-order valence-electron chi connectivity index (χ1n) is 4.49. The largest absolute Gasteiger partial charge is 0.426 e. The van der Waals surface area contributed by atoms with E-state index in [0.717, 1.165) is 0 Å². The van der Waals surface area contributed by atoms with Crippen molar-refractivity contribution < 1.29 is 14.3 Å². The van der Waals surface area contributed by atoms with Gasteiger partial charge >= 0.3 is 5.97 Å². The molecule has 0 radical (unpaired) electrons. The SMILES string of the molecule is CCC(=O)Oc1ccccc1C(=O)NN. The molecule has 0 aromatic heterocycles. The maximum absolute atomic E-state index is 11.3. The molecule has 0 aliphatic heterocycles. The van der Waals surface area contributed by atoms with E-state index in [2.05, 4.69) is 0 Å². The van der Waals surface area contributed by atoms with Crippen molar-refractivity contribution in [3.63, 3.8) is 0 Å². The van der Waals surface area contributed by atoms with E-state index in [0.29, 0.717) is 0 Å². The Morgan fingerprint density at radius 1 is 1.40 bits per heavy atom. The van der Waals surface area contributed by atoms with Gasteiger partial charge in [-0.25, -0.2) is 5.84 Å². The quantitative estimate of drug-likeness (QED) is 0.250. The average molecular weight is 208 g/mol. The molecule has 5 heteroatoms. The van der Waals surface area contributed by atoms with E-state index in [-0.39, 0.29) is 17.7 Å². The van der Waals surface area contributed by atoms with Crippen LogP contribution >= 0.6 is 0 Å². The number of nitrogen functional groups attached to an aromatic ring is 1. The Balaban J connectivity index is 2.96. The van der Waals surface area contributed by atoms with E-state index < -0.39 is 11.9 Å². The highest BCUT2D eigenvalue weighted by atomic mass is 16.5. The maximum Gasteiger partial charge on any atom is 0.310 e. The van der Waals surface area contributed by atoms with Gasteiger partial charge in [0.2, 0.25) is 0 Å². The Hall–Kier alpha value is -1.88. The Labute approximate surface area is 87.2 Å². The Morgan fingerprint density at radius 2 is 2.07 bits per heavy atom. The molecule has 0 atom stereocenters. The van der Waals surface area contributed by atoms with E-state index in [1.807, 2.05) is 5.43 Å². The molecule has 1 rings (SSSR count). The molecule has 0 bridgehead atoms. The first-order valence-corrected chi connectivity index (χ1v) is 4.49. The van der Waals surface area contributed by atoms with Crippen LogP contribution in [-0.4, -0.2) is 11.9 Å². The van der Waals surface area contributed by atoms with E-state index in [1.54, 1.807) is 19.1 Å². The number of hydrogen-bond acceptors (Lipinski definition) is 4. The number of amides is 1. The van der Waals surface area contributed by atoms with Gasteiger partial charge in [-0.2, -0.15) is 0 Å². The highest BCUT2D eigenvalue weighted by molar-refractivity contribution is 5.97. The number of hydrogen-bond donors (Lipinski definition) is 2. The van der Waals surface area contributed by atoms with Crippen molar-refractivity contribution in [3.8, 4) is 5.75 Å². The van der Waals surface area contributed by atoms with Crippen LogP contribution in [0.5, 0.6) is 5.75 Å². The second-order valence-corrected chi connectivity index (χ2v) is 2.80. The zero-order valence-corrected chi connectivity index (χ0v) is 8.32. The minimum atomic E-state index is -0.491. The average Bonchev–Trinajstić information content (AvgIpc) is 2.28. The van der Waals surface area contributed by atoms with E-state index >= 15 is 0 Å². The normalized spacial score (nSPS) is 9.47. The molecule has 0 aliphatic carbocycles. The first kappa shape index (κ1) is 11.2. The van der Waals surface area contributed by atoms with E-state index in [4.69, 9.17) is 10.6 Å². The molecule has 0 saturated heterocycles. The summed E-state index contributed by atoms with van der Waals surface area (Å²) < 4.78 is 4.96. The van der Waals surface area contributed by atoms with Gasteiger partial charge in [-0.05, 0) is 12.1 Å². The number of ether oxygens (including phenoxy) is 1. The van der Waals surface area contributed by atoms with Crippen molar-refractivity contribution in [3.05, 3.63) is 29.8 Å². The third-order valence-corrected chi connectivity index (χ3v) is 1.78. The smallest absolute Gasteiger partial charge is 0.310 e.